The summed E-state index contributed by atoms with van der Waals surface area (Å²) in [5, 5.41) is 3.12. The lowest BCUT2D eigenvalue weighted by atomic mass is 9.92. The Bertz CT molecular complexity index is 369. The summed E-state index contributed by atoms with van der Waals surface area (Å²) in [5.74, 6) is -0.0674. The van der Waals surface area contributed by atoms with Crippen LogP contribution in [0.5, 0.6) is 0 Å². The Labute approximate surface area is 83.6 Å². The second kappa shape index (κ2) is 3.93. The molecule has 0 radical (unpaired) electrons. The van der Waals surface area contributed by atoms with E-state index in [1.807, 2.05) is 13.1 Å². The van der Waals surface area contributed by atoms with Crippen LogP contribution in [0.25, 0.3) is 6.08 Å². The molecule has 0 aromatic heterocycles. The third-order valence-corrected chi connectivity index (χ3v) is 2.61. The van der Waals surface area contributed by atoms with E-state index in [0.29, 0.717) is 0 Å². The zero-order valence-electron chi connectivity index (χ0n) is 8.31. The maximum Gasteiger partial charge on any atom is 0.127 e. The molecule has 1 N–H and O–H groups in total. The summed E-state index contributed by atoms with van der Waals surface area (Å²) in [6, 6.07) is 5.29. The molecule has 14 heavy (non-hydrogen) atoms. The molecule has 1 aliphatic rings. The minimum atomic E-state index is -0.0674. The second-order valence-corrected chi connectivity index (χ2v) is 3.64. The predicted molar refractivity (Wildman–Crippen MR) is 56.6 cm³/mol. The Morgan fingerprint density at radius 1 is 1.36 bits per heavy atom. The van der Waals surface area contributed by atoms with Gasteiger partial charge >= 0.3 is 0 Å². The smallest absolute Gasteiger partial charge is 0.127 e. The van der Waals surface area contributed by atoms with E-state index >= 15 is 0 Å². The first-order valence-corrected chi connectivity index (χ1v) is 4.92. The molecule has 74 valence electrons. The number of halogens is 1. The maximum atomic E-state index is 13.3. The Morgan fingerprint density at radius 2 is 2.21 bits per heavy atom. The predicted octanol–water partition coefficient (Wildman–Crippen LogP) is 2.37. The lowest BCUT2D eigenvalue weighted by molar-refractivity contribution is 0.605. The molecule has 1 nitrogen and oxygen atoms in total. The van der Waals surface area contributed by atoms with Crippen LogP contribution in [0, 0.1) is 5.82 Å². The van der Waals surface area contributed by atoms with E-state index in [2.05, 4.69) is 11.4 Å². The van der Waals surface area contributed by atoms with Gasteiger partial charge in [0.1, 0.15) is 5.82 Å². The molecule has 2 rings (SSSR count). The lowest BCUT2D eigenvalue weighted by Gasteiger charge is -2.16. The Morgan fingerprint density at radius 3 is 3.00 bits per heavy atom. The van der Waals surface area contributed by atoms with E-state index in [0.717, 1.165) is 30.5 Å². The number of benzene rings is 1. The van der Waals surface area contributed by atoms with Crippen LogP contribution >= 0.6 is 0 Å². The molecule has 0 saturated heterocycles. The monoisotopic (exact) mass is 191 g/mol. The average Bonchev–Trinajstić information content (AvgIpc) is 2.18. The van der Waals surface area contributed by atoms with Crippen molar-refractivity contribution in [3.8, 4) is 0 Å². The van der Waals surface area contributed by atoms with Crippen LogP contribution in [-0.4, -0.2) is 13.6 Å². The third-order valence-electron chi connectivity index (χ3n) is 2.61. The number of nitrogens with one attached hydrogen (secondary N) is 1. The van der Waals surface area contributed by atoms with Gasteiger partial charge in [-0.05, 0) is 37.1 Å². The van der Waals surface area contributed by atoms with Crippen molar-refractivity contribution in [3.63, 3.8) is 0 Å². The van der Waals surface area contributed by atoms with Gasteiger partial charge in [0, 0.05) is 6.54 Å². The van der Waals surface area contributed by atoms with Gasteiger partial charge in [-0.1, -0.05) is 23.8 Å². The topological polar surface area (TPSA) is 12.0 Å². The molecule has 0 saturated carbocycles. The molecule has 0 heterocycles. The van der Waals surface area contributed by atoms with Crippen LogP contribution in [0.2, 0.25) is 0 Å². The van der Waals surface area contributed by atoms with Gasteiger partial charge in [0.15, 0.2) is 0 Å². The van der Waals surface area contributed by atoms with Gasteiger partial charge in [0.25, 0.3) is 0 Å². The molecule has 1 aromatic carbocycles. The summed E-state index contributed by atoms with van der Waals surface area (Å²) < 4.78 is 13.3. The van der Waals surface area contributed by atoms with Crippen LogP contribution in [0.4, 0.5) is 4.39 Å². The van der Waals surface area contributed by atoms with Gasteiger partial charge in [0.2, 0.25) is 0 Å². The Kier molecular flexibility index (Phi) is 2.64. The minimum Gasteiger partial charge on any atom is -0.316 e. The fraction of sp³-hybridized carbons (Fsp3) is 0.333. The number of hydrogen-bond donors (Lipinski definition) is 1. The fourth-order valence-electron chi connectivity index (χ4n) is 1.92. The van der Waals surface area contributed by atoms with Crippen molar-refractivity contribution in [1.82, 2.24) is 5.32 Å². The van der Waals surface area contributed by atoms with Gasteiger partial charge in [0.05, 0.1) is 0 Å². The van der Waals surface area contributed by atoms with Crippen molar-refractivity contribution in [2.24, 2.45) is 0 Å². The molecular weight excluding hydrogens is 177 g/mol. The first-order chi connectivity index (χ1) is 6.81. The first-order valence-electron chi connectivity index (χ1n) is 4.92. The van der Waals surface area contributed by atoms with Crippen molar-refractivity contribution >= 4 is 6.08 Å². The SMILES string of the molecule is CNCC1=Cc2cccc(F)c2CC1. The molecule has 0 unspecified atom stereocenters. The molecule has 0 spiro atoms. The minimum absolute atomic E-state index is 0.0674. The number of hydrogen-bond acceptors (Lipinski definition) is 1. The van der Waals surface area contributed by atoms with E-state index < -0.39 is 0 Å². The molecule has 0 amide bonds. The zero-order chi connectivity index (χ0) is 9.97. The van der Waals surface area contributed by atoms with Crippen molar-refractivity contribution in [2.45, 2.75) is 12.8 Å². The van der Waals surface area contributed by atoms with Crippen molar-refractivity contribution in [2.75, 3.05) is 13.6 Å². The van der Waals surface area contributed by atoms with E-state index in [-0.39, 0.29) is 5.82 Å². The van der Waals surface area contributed by atoms with Crippen molar-refractivity contribution in [3.05, 3.63) is 40.7 Å². The average molecular weight is 191 g/mol. The summed E-state index contributed by atoms with van der Waals surface area (Å²) >= 11 is 0. The highest BCUT2D eigenvalue weighted by Gasteiger charge is 2.12. The number of fused-ring (bicyclic) bond motifs is 1. The summed E-state index contributed by atoms with van der Waals surface area (Å²) in [6.45, 7) is 0.899. The normalized spacial score (nSPS) is 14.9. The lowest BCUT2D eigenvalue weighted by Crippen LogP contribution is -2.13. The molecule has 2 heteroatoms. The van der Waals surface area contributed by atoms with Gasteiger partial charge in [-0.25, -0.2) is 4.39 Å². The van der Waals surface area contributed by atoms with Crippen molar-refractivity contribution in [1.29, 1.82) is 0 Å². The van der Waals surface area contributed by atoms with E-state index in [1.54, 1.807) is 6.07 Å². The highest BCUT2D eigenvalue weighted by atomic mass is 19.1. The van der Waals surface area contributed by atoms with Crippen LogP contribution < -0.4 is 5.32 Å². The molecule has 0 bridgehead atoms. The van der Waals surface area contributed by atoms with Gasteiger partial charge in [-0.15, -0.1) is 0 Å². The Hall–Kier alpha value is -1.15. The van der Waals surface area contributed by atoms with Crippen LogP contribution in [0.1, 0.15) is 17.5 Å². The zero-order valence-corrected chi connectivity index (χ0v) is 8.31. The molecular formula is C12H14FN. The van der Waals surface area contributed by atoms with E-state index in [9.17, 15) is 4.39 Å². The van der Waals surface area contributed by atoms with Crippen LogP contribution in [-0.2, 0) is 6.42 Å². The number of likely N-dealkylation sites (N-methyl/N-ethyl adjacent to an activating group) is 1. The molecule has 0 fully saturated rings. The van der Waals surface area contributed by atoms with Gasteiger partial charge in [-0.2, -0.15) is 0 Å². The molecule has 1 aliphatic carbocycles. The maximum absolute atomic E-state index is 13.3. The second-order valence-electron chi connectivity index (χ2n) is 3.64. The van der Waals surface area contributed by atoms with Gasteiger partial charge in [-0.3, -0.25) is 0 Å². The first kappa shape index (κ1) is 9.41. The van der Waals surface area contributed by atoms with Crippen LogP contribution in [0.15, 0.2) is 23.8 Å². The highest BCUT2D eigenvalue weighted by Crippen LogP contribution is 2.25. The quantitative estimate of drug-likeness (QED) is 0.756. The molecule has 0 atom stereocenters. The van der Waals surface area contributed by atoms with E-state index in [1.165, 1.54) is 11.6 Å². The largest absolute Gasteiger partial charge is 0.316 e. The highest BCUT2D eigenvalue weighted by molar-refractivity contribution is 5.60. The molecule has 0 aliphatic heterocycles. The summed E-state index contributed by atoms with van der Waals surface area (Å²) in [7, 11) is 1.93. The number of rotatable bonds is 2. The van der Waals surface area contributed by atoms with Crippen molar-refractivity contribution < 1.29 is 4.39 Å². The summed E-state index contributed by atoms with van der Waals surface area (Å²) in [5.41, 5.74) is 3.26. The van der Waals surface area contributed by atoms with Crippen LogP contribution in [0.3, 0.4) is 0 Å². The summed E-state index contributed by atoms with van der Waals surface area (Å²) in [6.07, 6.45) is 3.89. The fourth-order valence-corrected chi connectivity index (χ4v) is 1.92. The summed E-state index contributed by atoms with van der Waals surface area (Å²) in [4.78, 5) is 0. The van der Waals surface area contributed by atoms with E-state index in [4.69, 9.17) is 0 Å². The standard InChI is InChI=1S/C12H14FN/c1-14-8-9-5-6-11-10(7-9)3-2-4-12(11)13/h2-4,7,14H,5-6,8H2,1H3. The third kappa shape index (κ3) is 1.70. The van der Waals surface area contributed by atoms with Gasteiger partial charge < -0.3 is 5.32 Å². The molecule has 1 aromatic rings. The Balaban J connectivity index is 2.35.